The van der Waals surface area contributed by atoms with Crippen LogP contribution in [0.4, 0.5) is 0 Å². The van der Waals surface area contributed by atoms with Gasteiger partial charge in [-0.3, -0.25) is 0 Å². The second-order valence-corrected chi connectivity index (χ2v) is 3.67. The van der Waals surface area contributed by atoms with E-state index in [1.807, 2.05) is 0 Å². The lowest BCUT2D eigenvalue weighted by molar-refractivity contribution is 0.276. The molecule has 0 atom stereocenters. The van der Waals surface area contributed by atoms with Crippen LogP contribution in [-0.2, 0) is 0 Å². The smallest absolute Gasteiger partial charge is 0.0154 e. The standard InChI is InChI=1S/C9H19N/c1-2-6-9(10)7-4-3-5-8-9/h2-8,10H2,1H3. The molecule has 1 rings (SSSR count). The minimum atomic E-state index is 0.229. The second-order valence-electron chi connectivity index (χ2n) is 3.67. The molecule has 1 heteroatoms. The van der Waals surface area contributed by atoms with Gasteiger partial charge in [-0.2, -0.15) is 0 Å². The summed E-state index contributed by atoms with van der Waals surface area (Å²) in [4.78, 5) is 0. The molecule has 1 saturated carbocycles. The number of hydrogen-bond donors (Lipinski definition) is 1. The van der Waals surface area contributed by atoms with Crippen molar-refractivity contribution in [2.24, 2.45) is 5.73 Å². The normalized spacial score (nSPS) is 24.6. The minimum Gasteiger partial charge on any atom is -0.325 e. The van der Waals surface area contributed by atoms with E-state index in [-0.39, 0.29) is 5.54 Å². The van der Waals surface area contributed by atoms with Gasteiger partial charge >= 0.3 is 0 Å². The van der Waals surface area contributed by atoms with E-state index in [2.05, 4.69) is 6.92 Å². The zero-order valence-corrected chi connectivity index (χ0v) is 7.03. The predicted octanol–water partition coefficient (Wildman–Crippen LogP) is 2.45. The predicted molar refractivity (Wildman–Crippen MR) is 44.9 cm³/mol. The third-order valence-electron chi connectivity index (χ3n) is 2.60. The molecule has 0 aliphatic heterocycles. The summed E-state index contributed by atoms with van der Waals surface area (Å²) in [6.07, 6.45) is 9.13. The van der Waals surface area contributed by atoms with Crippen LogP contribution in [0, 0.1) is 0 Å². The summed E-state index contributed by atoms with van der Waals surface area (Å²) in [7, 11) is 0. The van der Waals surface area contributed by atoms with Gasteiger partial charge in [0.05, 0.1) is 0 Å². The van der Waals surface area contributed by atoms with Crippen molar-refractivity contribution in [3.05, 3.63) is 0 Å². The van der Waals surface area contributed by atoms with Gasteiger partial charge in [-0.05, 0) is 19.3 Å². The fourth-order valence-corrected chi connectivity index (χ4v) is 2.00. The fourth-order valence-electron chi connectivity index (χ4n) is 2.00. The van der Waals surface area contributed by atoms with Crippen LogP contribution in [-0.4, -0.2) is 5.54 Å². The Kier molecular flexibility index (Phi) is 2.72. The van der Waals surface area contributed by atoms with Crippen molar-refractivity contribution < 1.29 is 0 Å². The summed E-state index contributed by atoms with van der Waals surface area (Å²) in [5, 5.41) is 0. The Morgan fingerprint density at radius 3 is 2.30 bits per heavy atom. The molecule has 0 bridgehead atoms. The number of rotatable bonds is 2. The molecule has 1 aliphatic carbocycles. The maximum Gasteiger partial charge on any atom is 0.0154 e. The van der Waals surface area contributed by atoms with Crippen LogP contribution >= 0.6 is 0 Å². The van der Waals surface area contributed by atoms with Gasteiger partial charge in [0.2, 0.25) is 0 Å². The van der Waals surface area contributed by atoms with E-state index in [1.54, 1.807) is 0 Å². The third-order valence-corrected chi connectivity index (χ3v) is 2.60. The van der Waals surface area contributed by atoms with Crippen LogP contribution in [0.3, 0.4) is 0 Å². The maximum atomic E-state index is 6.17. The van der Waals surface area contributed by atoms with Crippen LogP contribution in [0.1, 0.15) is 51.9 Å². The summed E-state index contributed by atoms with van der Waals surface area (Å²) < 4.78 is 0. The first-order valence-electron chi connectivity index (χ1n) is 4.56. The Morgan fingerprint density at radius 1 is 1.20 bits per heavy atom. The molecule has 1 aliphatic rings. The summed E-state index contributed by atoms with van der Waals surface area (Å²) in [5.74, 6) is 0. The Morgan fingerprint density at radius 2 is 1.80 bits per heavy atom. The topological polar surface area (TPSA) is 26.0 Å². The fraction of sp³-hybridized carbons (Fsp3) is 1.00. The lowest BCUT2D eigenvalue weighted by atomic mass is 9.80. The van der Waals surface area contributed by atoms with Gasteiger partial charge in [-0.15, -0.1) is 0 Å². The molecular weight excluding hydrogens is 122 g/mol. The lowest BCUT2D eigenvalue weighted by Crippen LogP contribution is -2.41. The zero-order chi connectivity index (χ0) is 7.45. The van der Waals surface area contributed by atoms with Crippen molar-refractivity contribution in [1.82, 2.24) is 0 Å². The van der Waals surface area contributed by atoms with Crippen molar-refractivity contribution in [1.29, 1.82) is 0 Å². The number of nitrogens with two attached hydrogens (primary N) is 1. The SMILES string of the molecule is CCCC1(N)CCCCC1. The Bertz CT molecular complexity index is 87.4. The van der Waals surface area contributed by atoms with Crippen molar-refractivity contribution in [3.63, 3.8) is 0 Å². The quantitative estimate of drug-likeness (QED) is 0.628. The monoisotopic (exact) mass is 141 g/mol. The average Bonchev–Trinajstić information content (AvgIpc) is 1.89. The molecule has 1 nitrogen and oxygen atoms in total. The van der Waals surface area contributed by atoms with Crippen molar-refractivity contribution in [2.45, 2.75) is 57.4 Å². The molecule has 0 aromatic heterocycles. The zero-order valence-electron chi connectivity index (χ0n) is 7.03. The second kappa shape index (κ2) is 3.38. The lowest BCUT2D eigenvalue weighted by Gasteiger charge is -2.33. The molecule has 0 saturated heterocycles. The maximum absolute atomic E-state index is 6.17. The van der Waals surface area contributed by atoms with E-state index >= 15 is 0 Å². The highest BCUT2D eigenvalue weighted by Gasteiger charge is 2.25. The molecule has 0 radical (unpaired) electrons. The Labute approximate surface area is 64.0 Å². The first-order valence-corrected chi connectivity index (χ1v) is 4.56. The van der Waals surface area contributed by atoms with Gasteiger partial charge < -0.3 is 5.73 Å². The van der Waals surface area contributed by atoms with Crippen LogP contribution in [0.2, 0.25) is 0 Å². The van der Waals surface area contributed by atoms with Gasteiger partial charge in [0.25, 0.3) is 0 Å². The first-order chi connectivity index (χ1) is 4.77. The highest BCUT2D eigenvalue weighted by Crippen LogP contribution is 2.29. The molecule has 0 aromatic rings. The molecule has 2 N–H and O–H groups in total. The van der Waals surface area contributed by atoms with Crippen LogP contribution < -0.4 is 5.73 Å². The molecule has 0 heterocycles. The van der Waals surface area contributed by atoms with E-state index in [9.17, 15) is 0 Å². The van der Waals surface area contributed by atoms with Crippen molar-refractivity contribution in [3.8, 4) is 0 Å². The summed E-state index contributed by atoms with van der Waals surface area (Å²) in [6.45, 7) is 2.23. The average molecular weight is 141 g/mol. The molecule has 0 amide bonds. The van der Waals surface area contributed by atoms with Crippen LogP contribution in [0.5, 0.6) is 0 Å². The van der Waals surface area contributed by atoms with Crippen LogP contribution in [0.15, 0.2) is 0 Å². The highest BCUT2D eigenvalue weighted by molar-refractivity contribution is 4.86. The minimum absolute atomic E-state index is 0.229. The third kappa shape index (κ3) is 1.98. The van der Waals surface area contributed by atoms with Gasteiger partial charge in [0.1, 0.15) is 0 Å². The van der Waals surface area contributed by atoms with Crippen LogP contribution in [0.25, 0.3) is 0 Å². The molecule has 0 unspecified atom stereocenters. The summed E-state index contributed by atoms with van der Waals surface area (Å²) in [6, 6.07) is 0. The van der Waals surface area contributed by atoms with Gasteiger partial charge in [0.15, 0.2) is 0 Å². The molecule has 0 aromatic carbocycles. The Hall–Kier alpha value is -0.0400. The van der Waals surface area contributed by atoms with Gasteiger partial charge in [0, 0.05) is 5.54 Å². The highest BCUT2D eigenvalue weighted by atomic mass is 14.7. The molecule has 0 spiro atoms. The van der Waals surface area contributed by atoms with E-state index in [1.165, 1.54) is 44.9 Å². The van der Waals surface area contributed by atoms with Crippen molar-refractivity contribution >= 4 is 0 Å². The summed E-state index contributed by atoms with van der Waals surface area (Å²) in [5.41, 5.74) is 6.40. The molecule has 1 fully saturated rings. The Balaban J connectivity index is 2.32. The van der Waals surface area contributed by atoms with Gasteiger partial charge in [-0.1, -0.05) is 32.6 Å². The summed E-state index contributed by atoms with van der Waals surface area (Å²) >= 11 is 0. The van der Waals surface area contributed by atoms with E-state index in [0.717, 1.165) is 0 Å². The number of hydrogen-bond acceptors (Lipinski definition) is 1. The first kappa shape index (κ1) is 8.06. The van der Waals surface area contributed by atoms with E-state index in [0.29, 0.717) is 0 Å². The van der Waals surface area contributed by atoms with Crippen molar-refractivity contribution in [2.75, 3.05) is 0 Å². The molecule has 60 valence electrons. The van der Waals surface area contributed by atoms with E-state index < -0.39 is 0 Å². The van der Waals surface area contributed by atoms with E-state index in [4.69, 9.17) is 5.73 Å². The van der Waals surface area contributed by atoms with Gasteiger partial charge in [-0.25, -0.2) is 0 Å². The molecule has 10 heavy (non-hydrogen) atoms. The molecular formula is C9H19N. The largest absolute Gasteiger partial charge is 0.325 e.